The van der Waals surface area contributed by atoms with Crippen LogP contribution in [0.5, 0.6) is 17.5 Å². The number of hydrogen-bond donors (Lipinski definition) is 1. The quantitative estimate of drug-likeness (QED) is 0.436. The van der Waals surface area contributed by atoms with Gasteiger partial charge in [-0.05, 0) is 76.6 Å². The lowest BCUT2D eigenvalue weighted by Gasteiger charge is -2.34. The third kappa shape index (κ3) is 5.64. The van der Waals surface area contributed by atoms with Crippen LogP contribution >= 0.6 is 0 Å². The predicted molar refractivity (Wildman–Crippen MR) is 148 cm³/mol. The summed E-state index contributed by atoms with van der Waals surface area (Å²) < 4.78 is 43.0. The molecule has 1 aliphatic heterocycles. The van der Waals surface area contributed by atoms with Crippen molar-refractivity contribution < 1.29 is 17.9 Å². The Morgan fingerprint density at radius 3 is 2.42 bits per heavy atom. The Labute approximate surface area is 225 Å². The molecule has 1 atom stereocenters. The molecule has 0 saturated carbocycles. The summed E-state index contributed by atoms with van der Waals surface area (Å²) in [4.78, 5) is 4.91. The molecule has 38 heavy (non-hydrogen) atoms. The number of piperazine rings is 1. The normalized spacial score (nSPS) is 15.5. The largest absolute Gasteiger partial charge is 0.496 e. The van der Waals surface area contributed by atoms with Crippen LogP contribution in [-0.4, -0.2) is 68.4 Å². The summed E-state index contributed by atoms with van der Waals surface area (Å²) in [5.74, 6) is 1.79. The summed E-state index contributed by atoms with van der Waals surface area (Å²) in [5, 5.41) is 8.55. The predicted octanol–water partition coefficient (Wildman–Crippen LogP) is 3.82. The van der Waals surface area contributed by atoms with Crippen molar-refractivity contribution in [2.75, 3.05) is 45.2 Å². The van der Waals surface area contributed by atoms with Crippen molar-refractivity contribution in [1.29, 1.82) is 0 Å². The summed E-state index contributed by atoms with van der Waals surface area (Å²) >= 11 is 0. The number of anilines is 1. The lowest BCUT2D eigenvalue weighted by molar-refractivity contribution is 0.312. The Bertz CT molecular complexity index is 1400. The Balaban J connectivity index is 1.55. The van der Waals surface area contributed by atoms with Gasteiger partial charge in [0.05, 0.1) is 18.0 Å². The van der Waals surface area contributed by atoms with Gasteiger partial charge in [0.2, 0.25) is 10.0 Å². The second-order valence-corrected chi connectivity index (χ2v) is 11.4. The fourth-order valence-corrected chi connectivity index (χ4v) is 6.63. The topological polar surface area (TPSA) is 102 Å². The second kappa shape index (κ2) is 11.3. The van der Waals surface area contributed by atoms with Gasteiger partial charge in [-0.15, -0.1) is 5.10 Å². The van der Waals surface area contributed by atoms with Gasteiger partial charge in [0.15, 0.2) is 5.82 Å². The molecule has 0 amide bonds. The zero-order valence-electron chi connectivity index (χ0n) is 23.3. The number of aryl methyl sites for hydroxylation is 1. The minimum Gasteiger partial charge on any atom is -0.496 e. The Hall–Kier alpha value is -3.15. The molecule has 1 fully saturated rings. The molecule has 1 saturated heterocycles. The molecular weight excluding hydrogens is 504 g/mol. The average Bonchev–Trinajstić information content (AvgIpc) is 3.29. The van der Waals surface area contributed by atoms with Crippen LogP contribution in [0.3, 0.4) is 0 Å². The first-order valence-corrected chi connectivity index (χ1v) is 14.4. The third-order valence-corrected chi connectivity index (χ3v) is 8.97. The summed E-state index contributed by atoms with van der Waals surface area (Å²) in [6.07, 6.45) is 0. The summed E-state index contributed by atoms with van der Waals surface area (Å²) in [5.41, 5.74) is 3.16. The number of sulfonamides is 1. The van der Waals surface area contributed by atoms with Crippen LogP contribution in [0.1, 0.15) is 42.4 Å². The van der Waals surface area contributed by atoms with Crippen molar-refractivity contribution in [1.82, 2.24) is 24.4 Å². The maximum absolute atomic E-state index is 13.5. The highest BCUT2D eigenvalue weighted by Crippen LogP contribution is 2.32. The molecule has 11 heteroatoms. The number of ether oxygens (including phenoxy) is 2. The van der Waals surface area contributed by atoms with Crippen LogP contribution in [0.2, 0.25) is 0 Å². The molecule has 206 valence electrons. The lowest BCUT2D eigenvalue weighted by atomic mass is 10.1. The first-order valence-electron chi connectivity index (χ1n) is 12.9. The van der Waals surface area contributed by atoms with E-state index in [1.54, 1.807) is 38.5 Å². The molecular formula is C27H38N6O4S. The molecule has 1 N–H and O–H groups in total. The molecule has 1 aliphatic rings. The van der Waals surface area contributed by atoms with Gasteiger partial charge in [0.25, 0.3) is 0 Å². The fourth-order valence-electron chi connectivity index (χ4n) is 4.90. The maximum Gasteiger partial charge on any atom is 0.322 e. The van der Waals surface area contributed by atoms with E-state index in [-0.39, 0.29) is 4.90 Å². The number of nitrogens with one attached hydrogen (secondary N) is 1. The second-order valence-electron chi connectivity index (χ2n) is 9.79. The average molecular weight is 543 g/mol. The van der Waals surface area contributed by atoms with Crippen LogP contribution in [0.4, 0.5) is 5.69 Å². The zero-order valence-corrected chi connectivity index (χ0v) is 24.1. The number of nitrogens with zero attached hydrogens (tertiary/aromatic N) is 5. The van der Waals surface area contributed by atoms with Crippen LogP contribution in [0.15, 0.2) is 35.2 Å². The van der Waals surface area contributed by atoms with E-state index in [1.807, 2.05) is 32.0 Å². The lowest BCUT2D eigenvalue weighted by Crippen LogP contribution is -2.44. The minimum atomic E-state index is -3.85. The van der Waals surface area contributed by atoms with Gasteiger partial charge in [-0.1, -0.05) is 11.2 Å². The Morgan fingerprint density at radius 1 is 1.05 bits per heavy atom. The number of hydrogen-bond acceptors (Lipinski definition) is 8. The van der Waals surface area contributed by atoms with Crippen LogP contribution in [-0.2, 0) is 16.6 Å². The molecule has 2 aromatic carbocycles. The third-order valence-electron chi connectivity index (χ3n) is 7.14. The Kier molecular flexibility index (Phi) is 8.29. The molecule has 1 aromatic heterocycles. The highest BCUT2D eigenvalue weighted by Gasteiger charge is 2.28. The van der Waals surface area contributed by atoms with Gasteiger partial charge >= 0.3 is 6.01 Å². The van der Waals surface area contributed by atoms with E-state index in [9.17, 15) is 8.42 Å². The van der Waals surface area contributed by atoms with Crippen molar-refractivity contribution in [3.8, 4) is 17.5 Å². The van der Waals surface area contributed by atoms with Gasteiger partial charge in [-0.3, -0.25) is 4.57 Å². The standard InChI is InChI=1S/C27H38N6O4S/c1-8-33-26(21(5)30-38(34,35)25-18(2)16-24(36-7)19(3)20(25)4)28-29-27(33)37-23-11-9-10-22(17-23)32-14-12-31(6)13-15-32/h9-11,16-17,21,30H,8,12-15H2,1-7H3/t21-/m1/s1. The first kappa shape index (κ1) is 27.9. The fraction of sp³-hybridized carbons (Fsp3) is 0.481. The van der Waals surface area contributed by atoms with Crippen LogP contribution in [0.25, 0.3) is 0 Å². The molecule has 0 radical (unpaired) electrons. The van der Waals surface area contributed by atoms with Crippen molar-refractivity contribution >= 4 is 15.7 Å². The highest BCUT2D eigenvalue weighted by atomic mass is 32.2. The molecule has 0 unspecified atom stereocenters. The van der Waals surface area contributed by atoms with Crippen molar-refractivity contribution in [3.05, 3.63) is 52.8 Å². The van der Waals surface area contributed by atoms with Gasteiger partial charge in [-0.2, -0.15) is 0 Å². The Morgan fingerprint density at radius 2 is 1.76 bits per heavy atom. The monoisotopic (exact) mass is 542 g/mol. The minimum absolute atomic E-state index is 0.252. The van der Waals surface area contributed by atoms with E-state index in [0.29, 0.717) is 41.0 Å². The molecule has 2 heterocycles. The van der Waals surface area contributed by atoms with Gasteiger partial charge in [-0.25, -0.2) is 13.1 Å². The van der Waals surface area contributed by atoms with Gasteiger partial charge < -0.3 is 19.3 Å². The van der Waals surface area contributed by atoms with E-state index in [4.69, 9.17) is 9.47 Å². The number of benzene rings is 2. The van der Waals surface area contributed by atoms with E-state index < -0.39 is 16.1 Å². The summed E-state index contributed by atoms with van der Waals surface area (Å²) in [6.45, 7) is 13.6. The van der Waals surface area contributed by atoms with Crippen molar-refractivity contribution in [3.63, 3.8) is 0 Å². The van der Waals surface area contributed by atoms with Gasteiger partial charge in [0.1, 0.15) is 11.5 Å². The number of likely N-dealkylation sites (N-methyl/N-ethyl adjacent to an activating group) is 1. The van der Waals surface area contributed by atoms with E-state index in [0.717, 1.165) is 37.4 Å². The first-order chi connectivity index (χ1) is 18.1. The van der Waals surface area contributed by atoms with E-state index >= 15 is 0 Å². The van der Waals surface area contributed by atoms with Crippen molar-refractivity contribution in [2.24, 2.45) is 0 Å². The van der Waals surface area contributed by atoms with Crippen LogP contribution in [0, 0.1) is 20.8 Å². The zero-order chi connectivity index (χ0) is 27.6. The summed E-state index contributed by atoms with van der Waals surface area (Å²) in [6, 6.07) is 9.36. The number of aromatic nitrogens is 3. The molecule has 4 rings (SSSR count). The van der Waals surface area contributed by atoms with E-state index in [1.165, 1.54) is 0 Å². The van der Waals surface area contributed by atoms with Crippen LogP contribution < -0.4 is 19.1 Å². The number of methoxy groups -OCH3 is 1. The number of rotatable bonds is 9. The molecule has 3 aromatic rings. The maximum atomic E-state index is 13.5. The van der Waals surface area contributed by atoms with E-state index in [2.05, 4.69) is 37.8 Å². The molecule has 0 bridgehead atoms. The SMILES string of the molecule is CCn1c(Oc2cccc(N3CCN(C)CC3)c2)nnc1[C@@H](C)NS(=O)(=O)c1c(C)cc(OC)c(C)c1C. The highest BCUT2D eigenvalue weighted by molar-refractivity contribution is 7.89. The molecule has 10 nitrogen and oxygen atoms in total. The smallest absolute Gasteiger partial charge is 0.322 e. The molecule has 0 aliphatic carbocycles. The molecule has 0 spiro atoms. The van der Waals surface area contributed by atoms with Gasteiger partial charge in [0, 0.05) is 44.5 Å². The summed E-state index contributed by atoms with van der Waals surface area (Å²) in [7, 11) is -0.138. The van der Waals surface area contributed by atoms with Crippen molar-refractivity contribution in [2.45, 2.75) is 52.1 Å².